The highest BCUT2D eigenvalue weighted by Gasteiger charge is 2.26. The molecule has 1 aromatic rings. The lowest BCUT2D eigenvalue weighted by molar-refractivity contribution is 0.0266. The van der Waals surface area contributed by atoms with Gasteiger partial charge in [0, 0.05) is 45.0 Å². The number of aliphatic imine (C=N–C) groups is 1. The van der Waals surface area contributed by atoms with E-state index in [1.807, 2.05) is 11.8 Å². The van der Waals surface area contributed by atoms with E-state index in [-0.39, 0.29) is 18.0 Å². The molecule has 6 nitrogen and oxygen atoms in total. The fraction of sp³-hybridized carbons (Fsp3) is 0.700. The summed E-state index contributed by atoms with van der Waals surface area (Å²) in [5, 5.41) is 6.78. The maximum Gasteiger partial charge on any atom is 0.191 e. The topological polar surface area (TPSA) is 61.8 Å². The van der Waals surface area contributed by atoms with Crippen LogP contribution in [0.5, 0.6) is 0 Å². The average Bonchev–Trinajstić information content (AvgIpc) is 3.09. The fourth-order valence-electron chi connectivity index (χ4n) is 3.32. The number of pyridine rings is 1. The van der Waals surface area contributed by atoms with E-state index in [1.165, 1.54) is 6.07 Å². The Morgan fingerprint density at radius 2 is 2.26 bits per heavy atom. The largest absolute Gasteiger partial charge is 0.378 e. The van der Waals surface area contributed by atoms with Gasteiger partial charge in [-0.15, -0.1) is 0 Å². The number of anilines is 1. The summed E-state index contributed by atoms with van der Waals surface area (Å²) in [4.78, 5) is 10.9. The van der Waals surface area contributed by atoms with Crippen LogP contribution in [-0.2, 0) is 4.74 Å². The van der Waals surface area contributed by atoms with Crippen molar-refractivity contribution in [1.82, 2.24) is 15.6 Å². The molecule has 1 aromatic heterocycles. The monoisotopic (exact) mass is 379 g/mol. The highest BCUT2D eigenvalue weighted by molar-refractivity contribution is 5.80. The van der Waals surface area contributed by atoms with E-state index in [9.17, 15) is 4.39 Å². The molecule has 0 spiro atoms. The van der Waals surface area contributed by atoms with Crippen molar-refractivity contribution in [3.63, 3.8) is 0 Å². The molecular weight excluding hydrogens is 345 g/mol. The molecule has 1 aliphatic rings. The van der Waals surface area contributed by atoms with Crippen LogP contribution in [0.25, 0.3) is 0 Å². The van der Waals surface area contributed by atoms with Crippen LogP contribution in [0.4, 0.5) is 10.2 Å². The number of nitrogens with one attached hydrogen (secondary N) is 2. The summed E-state index contributed by atoms with van der Waals surface area (Å²) in [7, 11) is 0. The van der Waals surface area contributed by atoms with Crippen LogP contribution in [-0.4, -0.2) is 55.9 Å². The second-order valence-corrected chi connectivity index (χ2v) is 7.17. The number of nitrogens with zero attached hydrogens (tertiary/aromatic N) is 3. The molecule has 152 valence electrons. The van der Waals surface area contributed by atoms with Crippen molar-refractivity contribution in [2.24, 2.45) is 10.9 Å². The van der Waals surface area contributed by atoms with Crippen molar-refractivity contribution in [1.29, 1.82) is 0 Å². The van der Waals surface area contributed by atoms with E-state index in [4.69, 9.17) is 9.73 Å². The van der Waals surface area contributed by atoms with Gasteiger partial charge in [0.25, 0.3) is 0 Å². The third-order valence-electron chi connectivity index (χ3n) is 4.72. The van der Waals surface area contributed by atoms with E-state index in [2.05, 4.69) is 36.4 Å². The van der Waals surface area contributed by atoms with Gasteiger partial charge in [-0.1, -0.05) is 13.8 Å². The molecular formula is C20H34FN5O. The molecule has 0 aliphatic carbocycles. The molecule has 1 fully saturated rings. The Labute approximate surface area is 162 Å². The van der Waals surface area contributed by atoms with Gasteiger partial charge in [-0.25, -0.2) is 9.37 Å². The second kappa shape index (κ2) is 11.1. The first-order chi connectivity index (χ1) is 13.0. The van der Waals surface area contributed by atoms with Crippen molar-refractivity contribution in [2.45, 2.75) is 52.7 Å². The number of rotatable bonds is 9. The SMILES string of the molecule is CCNC(=NCCC(OCC)C(C)C)NC1CCN(c2ncccc2F)C1. The minimum absolute atomic E-state index is 0.219. The van der Waals surface area contributed by atoms with Crippen molar-refractivity contribution >= 4 is 11.8 Å². The minimum Gasteiger partial charge on any atom is -0.378 e. The molecule has 0 saturated carbocycles. The lowest BCUT2D eigenvalue weighted by Gasteiger charge is -2.21. The molecule has 2 heterocycles. The Hall–Kier alpha value is -1.89. The molecule has 0 aromatic carbocycles. The van der Waals surface area contributed by atoms with Gasteiger partial charge >= 0.3 is 0 Å². The number of hydrogen-bond donors (Lipinski definition) is 2. The van der Waals surface area contributed by atoms with Gasteiger partial charge in [-0.3, -0.25) is 4.99 Å². The number of halogens is 1. The Morgan fingerprint density at radius 1 is 1.44 bits per heavy atom. The zero-order chi connectivity index (χ0) is 19.6. The minimum atomic E-state index is -0.269. The van der Waals surface area contributed by atoms with Gasteiger partial charge in [-0.2, -0.15) is 0 Å². The third kappa shape index (κ3) is 6.65. The van der Waals surface area contributed by atoms with Crippen LogP contribution in [0.3, 0.4) is 0 Å². The van der Waals surface area contributed by atoms with E-state index >= 15 is 0 Å². The van der Waals surface area contributed by atoms with Crippen LogP contribution < -0.4 is 15.5 Å². The molecule has 1 aliphatic heterocycles. The average molecular weight is 380 g/mol. The summed E-state index contributed by atoms with van der Waals surface area (Å²) in [6.07, 6.45) is 3.69. The van der Waals surface area contributed by atoms with Gasteiger partial charge < -0.3 is 20.3 Å². The number of ether oxygens (including phenoxy) is 1. The smallest absolute Gasteiger partial charge is 0.191 e. The molecule has 0 radical (unpaired) electrons. The Balaban J connectivity index is 1.89. The number of hydrogen-bond acceptors (Lipinski definition) is 4. The lowest BCUT2D eigenvalue weighted by atomic mass is 10.0. The van der Waals surface area contributed by atoms with E-state index in [1.54, 1.807) is 12.3 Å². The van der Waals surface area contributed by atoms with Gasteiger partial charge in [0.1, 0.15) is 0 Å². The first-order valence-corrected chi connectivity index (χ1v) is 10.1. The van der Waals surface area contributed by atoms with Gasteiger partial charge in [0.2, 0.25) is 0 Å². The molecule has 1 saturated heterocycles. The van der Waals surface area contributed by atoms with Crippen molar-refractivity contribution in [3.8, 4) is 0 Å². The Morgan fingerprint density at radius 3 is 2.93 bits per heavy atom. The summed E-state index contributed by atoms with van der Waals surface area (Å²) in [5.74, 6) is 1.45. The number of guanidine groups is 1. The lowest BCUT2D eigenvalue weighted by Crippen LogP contribution is -2.44. The summed E-state index contributed by atoms with van der Waals surface area (Å²) >= 11 is 0. The molecule has 0 bridgehead atoms. The zero-order valence-electron chi connectivity index (χ0n) is 17.0. The van der Waals surface area contributed by atoms with Crippen LogP contribution >= 0.6 is 0 Å². The van der Waals surface area contributed by atoms with Crippen LogP contribution in [0, 0.1) is 11.7 Å². The van der Waals surface area contributed by atoms with Gasteiger partial charge in [0.15, 0.2) is 17.6 Å². The van der Waals surface area contributed by atoms with Gasteiger partial charge in [0.05, 0.1) is 6.10 Å². The van der Waals surface area contributed by atoms with Crippen molar-refractivity contribution < 1.29 is 9.13 Å². The summed E-state index contributed by atoms with van der Waals surface area (Å²) in [5.41, 5.74) is 0. The van der Waals surface area contributed by atoms with Crippen LogP contribution in [0.1, 0.15) is 40.5 Å². The maximum atomic E-state index is 13.9. The zero-order valence-corrected chi connectivity index (χ0v) is 17.0. The molecule has 2 N–H and O–H groups in total. The second-order valence-electron chi connectivity index (χ2n) is 7.17. The maximum absolute atomic E-state index is 13.9. The highest BCUT2D eigenvalue weighted by atomic mass is 19.1. The predicted octanol–water partition coefficient (Wildman–Crippen LogP) is 2.81. The normalized spacial score (nSPS) is 18.8. The van der Waals surface area contributed by atoms with Crippen LogP contribution in [0.15, 0.2) is 23.3 Å². The molecule has 27 heavy (non-hydrogen) atoms. The van der Waals surface area contributed by atoms with Crippen LogP contribution in [0.2, 0.25) is 0 Å². The molecule has 2 atom stereocenters. The summed E-state index contributed by atoms with van der Waals surface area (Å²) < 4.78 is 19.7. The van der Waals surface area contributed by atoms with Crippen molar-refractivity contribution in [2.75, 3.05) is 37.7 Å². The fourth-order valence-corrected chi connectivity index (χ4v) is 3.32. The molecule has 2 unspecified atom stereocenters. The molecule has 7 heteroatoms. The van der Waals surface area contributed by atoms with E-state index in [0.717, 1.165) is 38.5 Å². The van der Waals surface area contributed by atoms with E-state index in [0.29, 0.717) is 24.8 Å². The van der Waals surface area contributed by atoms with Gasteiger partial charge in [-0.05, 0) is 44.7 Å². The predicted molar refractivity (Wildman–Crippen MR) is 109 cm³/mol. The first kappa shape index (κ1) is 21.4. The molecule has 2 rings (SSSR count). The standard InChI is InChI=1S/C20H34FN5O/c1-5-22-20(24-12-9-18(15(3)4)27-6-2)25-16-10-13-26(14-16)19-17(21)8-7-11-23-19/h7-8,11,15-16,18H,5-6,9-10,12-14H2,1-4H3,(H2,22,24,25). The quantitative estimate of drug-likeness (QED) is 0.510. The molecule has 0 amide bonds. The summed E-state index contributed by atoms with van der Waals surface area (Å²) in [6.45, 7) is 12.2. The van der Waals surface area contributed by atoms with Crippen molar-refractivity contribution in [3.05, 3.63) is 24.1 Å². The Bertz CT molecular complexity index is 595. The Kier molecular flexibility index (Phi) is 8.78. The van der Waals surface area contributed by atoms with E-state index < -0.39 is 0 Å². The number of aromatic nitrogens is 1. The summed E-state index contributed by atoms with van der Waals surface area (Å²) in [6, 6.07) is 3.29. The third-order valence-corrected chi connectivity index (χ3v) is 4.72. The highest BCUT2D eigenvalue weighted by Crippen LogP contribution is 2.20. The first-order valence-electron chi connectivity index (χ1n) is 10.1.